The number of carbonyl (C=O) groups is 1. The van der Waals surface area contributed by atoms with Gasteiger partial charge in [0, 0.05) is 30.0 Å². The van der Waals surface area contributed by atoms with Gasteiger partial charge in [-0.3, -0.25) is 25.0 Å². The summed E-state index contributed by atoms with van der Waals surface area (Å²) in [4.78, 5) is 36.2. The molecule has 3 rings (SSSR count). The number of hydrazone groups is 1. The summed E-state index contributed by atoms with van der Waals surface area (Å²) in [6, 6.07) is 11.5. The van der Waals surface area contributed by atoms with Crippen LogP contribution in [0.3, 0.4) is 0 Å². The molecule has 140 valence electrons. The zero-order chi connectivity index (χ0) is 20.1. The molecule has 0 fully saturated rings. The Morgan fingerprint density at radius 2 is 1.93 bits per heavy atom. The van der Waals surface area contributed by atoms with Gasteiger partial charge >= 0.3 is 5.69 Å². The molecule has 1 amide bonds. The zero-order valence-corrected chi connectivity index (χ0v) is 14.0. The Morgan fingerprint density at radius 1 is 1.11 bits per heavy atom. The minimum Gasteiger partial charge on any atom is -0.455 e. The van der Waals surface area contributed by atoms with E-state index in [-0.39, 0.29) is 17.1 Å². The fraction of sp³-hybridized carbons (Fsp3) is 0. The number of pyridine rings is 1. The van der Waals surface area contributed by atoms with Gasteiger partial charge in [0.2, 0.25) is 5.69 Å². The molecule has 2 heterocycles. The quantitative estimate of drug-likeness (QED) is 0.391. The Morgan fingerprint density at radius 3 is 2.68 bits per heavy atom. The summed E-state index contributed by atoms with van der Waals surface area (Å²) in [6.45, 7) is 0. The summed E-state index contributed by atoms with van der Waals surface area (Å²) in [7, 11) is 0. The lowest BCUT2D eigenvalue weighted by Crippen LogP contribution is -2.20. The summed E-state index contributed by atoms with van der Waals surface area (Å²) < 4.78 is 5.51. The standard InChI is InChI=1S/C17H11N5O6/c23-17(16-14(22(26)27)5-2-8-18-16)20-19-10-13-6-7-15(28-13)11-3-1-4-12(9-11)21(24)25/h1-10H,(H,20,23). The Kier molecular flexibility index (Phi) is 5.16. The van der Waals surface area contributed by atoms with Crippen molar-refractivity contribution in [2.75, 3.05) is 0 Å². The van der Waals surface area contributed by atoms with Gasteiger partial charge in [-0.2, -0.15) is 5.10 Å². The van der Waals surface area contributed by atoms with Gasteiger partial charge in [-0.1, -0.05) is 12.1 Å². The average Bonchev–Trinajstić information content (AvgIpc) is 3.17. The molecule has 0 saturated heterocycles. The van der Waals surface area contributed by atoms with E-state index in [1.54, 1.807) is 18.2 Å². The Balaban J connectivity index is 1.71. The van der Waals surface area contributed by atoms with Crippen LogP contribution in [0, 0.1) is 20.2 Å². The molecule has 0 unspecified atom stereocenters. The maximum atomic E-state index is 12.0. The summed E-state index contributed by atoms with van der Waals surface area (Å²) >= 11 is 0. The number of aromatic nitrogens is 1. The molecule has 0 saturated carbocycles. The molecular weight excluding hydrogens is 370 g/mol. The van der Waals surface area contributed by atoms with Crippen LogP contribution in [0.4, 0.5) is 11.4 Å². The van der Waals surface area contributed by atoms with Crippen LogP contribution in [0.25, 0.3) is 11.3 Å². The molecule has 0 spiro atoms. The lowest BCUT2D eigenvalue weighted by Gasteiger charge is -1.99. The summed E-state index contributed by atoms with van der Waals surface area (Å²) in [6.07, 6.45) is 2.44. The van der Waals surface area contributed by atoms with Crippen molar-refractivity contribution in [3.8, 4) is 11.3 Å². The topological polar surface area (TPSA) is 154 Å². The van der Waals surface area contributed by atoms with Gasteiger partial charge in [0.15, 0.2) is 0 Å². The van der Waals surface area contributed by atoms with Crippen LogP contribution < -0.4 is 5.43 Å². The molecule has 11 heteroatoms. The van der Waals surface area contributed by atoms with Crippen LogP contribution in [0.2, 0.25) is 0 Å². The van der Waals surface area contributed by atoms with E-state index in [9.17, 15) is 25.0 Å². The van der Waals surface area contributed by atoms with Crippen molar-refractivity contribution < 1.29 is 19.1 Å². The molecule has 0 aliphatic heterocycles. The number of hydrogen-bond acceptors (Lipinski definition) is 8. The molecule has 0 aliphatic rings. The van der Waals surface area contributed by atoms with E-state index in [0.29, 0.717) is 11.3 Å². The third-order valence-electron chi connectivity index (χ3n) is 3.52. The number of nitrogens with zero attached hydrogens (tertiary/aromatic N) is 4. The fourth-order valence-corrected chi connectivity index (χ4v) is 2.28. The van der Waals surface area contributed by atoms with E-state index in [0.717, 1.165) is 6.07 Å². The zero-order valence-electron chi connectivity index (χ0n) is 14.0. The first-order valence-electron chi connectivity index (χ1n) is 7.73. The number of nitro groups is 2. The molecule has 3 aromatic rings. The second-order valence-electron chi connectivity index (χ2n) is 5.34. The highest BCUT2D eigenvalue weighted by atomic mass is 16.6. The van der Waals surface area contributed by atoms with Crippen LogP contribution in [-0.2, 0) is 0 Å². The van der Waals surface area contributed by atoms with E-state index < -0.39 is 21.4 Å². The van der Waals surface area contributed by atoms with E-state index in [1.807, 2.05) is 0 Å². The number of carbonyl (C=O) groups excluding carboxylic acids is 1. The third-order valence-corrected chi connectivity index (χ3v) is 3.52. The number of nitrogens with one attached hydrogen (secondary N) is 1. The van der Waals surface area contributed by atoms with Gasteiger partial charge in [0.25, 0.3) is 11.6 Å². The average molecular weight is 381 g/mol. The normalized spacial score (nSPS) is 10.7. The number of furan rings is 1. The smallest absolute Gasteiger partial charge is 0.300 e. The molecule has 0 radical (unpaired) electrons. The highest BCUT2D eigenvalue weighted by Crippen LogP contribution is 2.25. The molecule has 1 aromatic carbocycles. The van der Waals surface area contributed by atoms with Gasteiger partial charge in [-0.05, 0) is 18.2 Å². The third kappa shape index (κ3) is 4.04. The first kappa shape index (κ1) is 18.4. The molecule has 28 heavy (non-hydrogen) atoms. The van der Waals surface area contributed by atoms with Crippen LogP contribution in [0.5, 0.6) is 0 Å². The van der Waals surface area contributed by atoms with Crippen LogP contribution in [0.1, 0.15) is 16.2 Å². The monoisotopic (exact) mass is 381 g/mol. The van der Waals surface area contributed by atoms with Crippen molar-refractivity contribution in [2.24, 2.45) is 5.10 Å². The lowest BCUT2D eigenvalue weighted by atomic mass is 10.1. The van der Waals surface area contributed by atoms with Crippen LogP contribution in [-0.4, -0.2) is 27.0 Å². The Hall–Kier alpha value is -4.41. The van der Waals surface area contributed by atoms with Crippen LogP contribution >= 0.6 is 0 Å². The summed E-state index contributed by atoms with van der Waals surface area (Å²) in [5, 5.41) is 25.4. The van der Waals surface area contributed by atoms with Crippen molar-refractivity contribution in [1.82, 2.24) is 10.4 Å². The second kappa shape index (κ2) is 7.86. The summed E-state index contributed by atoms with van der Waals surface area (Å²) in [5.74, 6) is -0.219. The van der Waals surface area contributed by atoms with Gasteiger partial charge in [0.05, 0.1) is 16.1 Å². The summed E-state index contributed by atoms with van der Waals surface area (Å²) in [5.41, 5.74) is 1.74. The van der Waals surface area contributed by atoms with E-state index in [1.165, 1.54) is 36.7 Å². The highest BCUT2D eigenvalue weighted by Gasteiger charge is 2.20. The first-order chi connectivity index (χ1) is 13.5. The maximum absolute atomic E-state index is 12.0. The molecular formula is C17H11N5O6. The maximum Gasteiger partial charge on any atom is 0.300 e. The molecule has 0 atom stereocenters. The minimum atomic E-state index is -0.853. The fourth-order valence-electron chi connectivity index (χ4n) is 2.28. The molecule has 1 N–H and O–H groups in total. The van der Waals surface area contributed by atoms with Crippen molar-refractivity contribution in [1.29, 1.82) is 0 Å². The van der Waals surface area contributed by atoms with Gasteiger partial charge in [-0.25, -0.2) is 10.4 Å². The number of hydrogen-bond donors (Lipinski definition) is 1. The lowest BCUT2D eigenvalue weighted by molar-refractivity contribution is -0.385. The number of non-ortho nitro benzene ring substituents is 1. The SMILES string of the molecule is O=C(NN=Cc1ccc(-c2cccc([N+](=O)[O-])c2)o1)c1ncccc1[N+](=O)[O-]. The predicted octanol–water partition coefficient (Wildman–Crippen LogP) is 2.92. The van der Waals surface area contributed by atoms with Gasteiger partial charge in [-0.15, -0.1) is 0 Å². The molecule has 11 nitrogen and oxygen atoms in total. The number of nitro benzene ring substituents is 1. The number of amides is 1. The molecule has 2 aromatic heterocycles. The van der Waals surface area contributed by atoms with Crippen molar-refractivity contribution >= 4 is 23.5 Å². The first-order valence-corrected chi connectivity index (χ1v) is 7.73. The largest absolute Gasteiger partial charge is 0.455 e. The van der Waals surface area contributed by atoms with E-state index in [2.05, 4.69) is 15.5 Å². The van der Waals surface area contributed by atoms with Crippen molar-refractivity contribution in [3.63, 3.8) is 0 Å². The number of benzene rings is 1. The van der Waals surface area contributed by atoms with Gasteiger partial charge in [0.1, 0.15) is 11.5 Å². The predicted molar refractivity (Wildman–Crippen MR) is 96.8 cm³/mol. The molecule has 0 bridgehead atoms. The van der Waals surface area contributed by atoms with E-state index in [4.69, 9.17) is 4.42 Å². The highest BCUT2D eigenvalue weighted by molar-refractivity contribution is 5.96. The number of rotatable bonds is 6. The van der Waals surface area contributed by atoms with Crippen molar-refractivity contribution in [2.45, 2.75) is 0 Å². The van der Waals surface area contributed by atoms with Crippen molar-refractivity contribution in [3.05, 3.63) is 86.4 Å². The van der Waals surface area contributed by atoms with E-state index >= 15 is 0 Å². The Labute approximate surface area is 156 Å². The van der Waals surface area contributed by atoms with Gasteiger partial charge < -0.3 is 4.42 Å². The van der Waals surface area contributed by atoms with Crippen LogP contribution in [0.15, 0.2) is 64.2 Å². The molecule has 0 aliphatic carbocycles. The minimum absolute atomic E-state index is 0.0756. The Bertz CT molecular complexity index is 1090. The second-order valence-corrected chi connectivity index (χ2v) is 5.34.